The highest BCUT2D eigenvalue weighted by molar-refractivity contribution is 7.22. The minimum Gasteiger partial charge on any atom is -0.494 e. The fourth-order valence-corrected chi connectivity index (χ4v) is 4.34. The highest BCUT2D eigenvalue weighted by Crippen LogP contribution is 2.30. The molecule has 0 fully saturated rings. The second-order valence-electron chi connectivity index (χ2n) is 7.10. The van der Waals surface area contributed by atoms with Crippen molar-refractivity contribution in [3.8, 4) is 16.9 Å². The number of aromatic nitrogens is 1. The summed E-state index contributed by atoms with van der Waals surface area (Å²) >= 11 is 1.39. The van der Waals surface area contributed by atoms with E-state index in [0.717, 1.165) is 21.4 Å². The maximum absolute atomic E-state index is 12.7. The van der Waals surface area contributed by atoms with Crippen molar-refractivity contribution in [2.45, 2.75) is 6.92 Å². The molecule has 3 aromatic carbocycles. The Morgan fingerprint density at radius 3 is 2.69 bits per heavy atom. The maximum atomic E-state index is 12.7. The standard InChI is InChI=1S/C25H18N2O4S/c1-2-30-18-11-12-20-22(14-18)32-25(26-20)27-23(28)16-9-7-15(8-10-16)19-13-17-5-3-4-6-21(17)31-24(19)29/h3-14H,2H2,1H3,(H,26,27,28). The van der Waals surface area contributed by atoms with Crippen molar-refractivity contribution in [1.29, 1.82) is 0 Å². The van der Waals surface area contributed by atoms with E-state index in [9.17, 15) is 9.59 Å². The first-order valence-electron chi connectivity index (χ1n) is 10.1. The average Bonchev–Trinajstić information content (AvgIpc) is 3.20. The lowest BCUT2D eigenvalue weighted by Crippen LogP contribution is -2.11. The SMILES string of the molecule is CCOc1ccc2nc(NC(=O)c3ccc(-c4cc5ccccc5oc4=O)cc3)sc2c1. The Bertz CT molecular complexity index is 1500. The molecule has 0 aliphatic rings. The van der Waals surface area contributed by atoms with Gasteiger partial charge in [0.15, 0.2) is 5.13 Å². The second-order valence-corrected chi connectivity index (χ2v) is 8.13. The van der Waals surface area contributed by atoms with Gasteiger partial charge < -0.3 is 9.15 Å². The first kappa shape index (κ1) is 20.0. The lowest BCUT2D eigenvalue weighted by molar-refractivity contribution is 0.102. The van der Waals surface area contributed by atoms with Gasteiger partial charge in [-0.1, -0.05) is 41.7 Å². The molecule has 158 valence electrons. The Labute approximate surface area is 187 Å². The first-order chi connectivity index (χ1) is 15.6. The summed E-state index contributed by atoms with van der Waals surface area (Å²) in [6.07, 6.45) is 0. The molecule has 32 heavy (non-hydrogen) atoms. The molecule has 1 amide bonds. The molecular formula is C25H18N2O4S. The van der Waals surface area contributed by atoms with E-state index in [1.165, 1.54) is 11.3 Å². The molecule has 0 atom stereocenters. The molecule has 5 rings (SSSR count). The summed E-state index contributed by atoms with van der Waals surface area (Å²) in [5, 5.41) is 4.19. The number of rotatable bonds is 5. The molecule has 7 heteroatoms. The highest BCUT2D eigenvalue weighted by atomic mass is 32.1. The van der Waals surface area contributed by atoms with Gasteiger partial charge in [-0.15, -0.1) is 0 Å². The topological polar surface area (TPSA) is 81.4 Å². The maximum Gasteiger partial charge on any atom is 0.344 e. The van der Waals surface area contributed by atoms with Crippen LogP contribution in [0.1, 0.15) is 17.3 Å². The molecule has 0 saturated carbocycles. The third kappa shape index (κ3) is 3.86. The summed E-state index contributed by atoms with van der Waals surface area (Å²) < 4.78 is 11.9. The van der Waals surface area contributed by atoms with E-state index in [1.807, 2.05) is 43.3 Å². The fraction of sp³-hybridized carbons (Fsp3) is 0.0800. The van der Waals surface area contributed by atoms with Crippen LogP contribution in [0.15, 0.2) is 82.0 Å². The van der Waals surface area contributed by atoms with Crippen LogP contribution < -0.4 is 15.7 Å². The van der Waals surface area contributed by atoms with Crippen molar-refractivity contribution in [2.75, 3.05) is 11.9 Å². The van der Waals surface area contributed by atoms with E-state index in [0.29, 0.717) is 34.0 Å². The van der Waals surface area contributed by atoms with Crippen LogP contribution in [0.4, 0.5) is 5.13 Å². The fourth-order valence-electron chi connectivity index (χ4n) is 3.45. The van der Waals surface area contributed by atoms with Gasteiger partial charge in [0, 0.05) is 10.9 Å². The summed E-state index contributed by atoms with van der Waals surface area (Å²) in [5.74, 6) is 0.501. The lowest BCUT2D eigenvalue weighted by atomic mass is 10.0. The molecular weight excluding hydrogens is 424 g/mol. The van der Waals surface area contributed by atoms with E-state index in [2.05, 4.69) is 10.3 Å². The van der Waals surface area contributed by atoms with Gasteiger partial charge >= 0.3 is 5.63 Å². The number of fused-ring (bicyclic) bond motifs is 2. The molecule has 6 nitrogen and oxygen atoms in total. The average molecular weight is 442 g/mol. The van der Waals surface area contributed by atoms with Gasteiger partial charge in [-0.3, -0.25) is 10.1 Å². The molecule has 0 aliphatic heterocycles. The summed E-state index contributed by atoms with van der Waals surface area (Å²) in [7, 11) is 0. The van der Waals surface area contributed by atoms with E-state index >= 15 is 0 Å². The number of hydrogen-bond acceptors (Lipinski definition) is 6. The van der Waals surface area contributed by atoms with Crippen LogP contribution in [-0.2, 0) is 0 Å². The molecule has 0 aliphatic carbocycles. The number of hydrogen-bond donors (Lipinski definition) is 1. The highest BCUT2D eigenvalue weighted by Gasteiger charge is 2.12. The Balaban J connectivity index is 1.37. The molecule has 0 unspecified atom stereocenters. The van der Waals surface area contributed by atoms with Crippen LogP contribution in [-0.4, -0.2) is 17.5 Å². The second kappa shape index (κ2) is 8.28. The van der Waals surface area contributed by atoms with Gasteiger partial charge in [0.2, 0.25) is 0 Å². The molecule has 0 bridgehead atoms. The van der Waals surface area contributed by atoms with E-state index in [-0.39, 0.29) is 5.91 Å². The third-order valence-electron chi connectivity index (χ3n) is 4.99. The summed E-state index contributed by atoms with van der Waals surface area (Å²) in [6, 6.07) is 21.6. The number of benzene rings is 3. The van der Waals surface area contributed by atoms with Crippen molar-refractivity contribution in [1.82, 2.24) is 4.98 Å². The van der Waals surface area contributed by atoms with Crippen LogP contribution in [0.5, 0.6) is 5.75 Å². The molecule has 2 aromatic heterocycles. The van der Waals surface area contributed by atoms with Crippen LogP contribution in [0.2, 0.25) is 0 Å². The number of ether oxygens (including phenoxy) is 1. The van der Waals surface area contributed by atoms with E-state index < -0.39 is 5.63 Å². The summed E-state index contributed by atoms with van der Waals surface area (Å²) in [4.78, 5) is 29.5. The van der Waals surface area contributed by atoms with E-state index in [4.69, 9.17) is 9.15 Å². The molecule has 2 heterocycles. The van der Waals surface area contributed by atoms with Crippen molar-refractivity contribution in [3.05, 3.63) is 88.8 Å². The number of carbonyl (C=O) groups excluding carboxylic acids is 1. The minimum absolute atomic E-state index is 0.272. The number of thiazole rings is 1. The number of amides is 1. The third-order valence-corrected chi connectivity index (χ3v) is 5.92. The van der Waals surface area contributed by atoms with Crippen molar-refractivity contribution < 1.29 is 13.9 Å². The van der Waals surface area contributed by atoms with Gasteiger partial charge in [-0.05, 0) is 55.0 Å². The van der Waals surface area contributed by atoms with Crippen molar-refractivity contribution in [3.63, 3.8) is 0 Å². The van der Waals surface area contributed by atoms with Gasteiger partial charge in [-0.25, -0.2) is 9.78 Å². The Kier molecular flexibility index (Phi) is 5.17. The summed E-state index contributed by atoms with van der Waals surface area (Å²) in [5.41, 5.74) is 2.53. The Morgan fingerprint density at radius 1 is 1.06 bits per heavy atom. The quantitative estimate of drug-likeness (QED) is 0.352. The monoisotopic (exact) mass is 442 g/mol. The number of para-hydroxylation sites is 1. The van der Waals surface area contributed by atoms with Gasteiger partial charge in [0.05, 0.1) is 22.4 Å². The van der Waals surface area contributed by atoms with Crippen LogP contribution in [0.25, 0.3) is 32.3 Å². The lowest BCUT2D eigenvalue weighted by Gasteiger charge is -2.05. The number of carbonyl (C=O) groups is 1. The first-order valence-corrected chi connectivity index (χ1v) is 10.9. The molecule has 0 radical (unpaired) electrons. The predicted octanol–water partition coefficient (Wildman–Crippen LogP) is 5.72. The van der Waals surface area contributed by atoms with E-state index in [1.54, 1.807) is 36.4 Å². The zero-order chi connectivity index (χ0) is 22.1. The predicted molar refractivity (Wildman–Crippen MR) is 127 cm³/mol. The van der Waals surface area contributed by atoms with Gasteiger partial charge in [-0.2, -0.15) is 0 Å². The van der Waals surface area contributed by atoms with Crippen LogP contribution in [0, 0.1) is 0 Å². The normalized spacial score (nSPS) is 11.0. The minimum atomic E-state index is -0.415. The van der Waals surface area contributed by atoms with Crippen LogP contribution in [0.3, 0.4) is 0 Å². The molecule has 0 spiro atoms. The Morgan fingerprint density at radius 2 is 1.88 bits per heavy atom. The van der Waals surface area contributed by atoms with Crippen molar-refractivity contribution in [2.24, 2.45) is 0 Å². The summed E-state index contributed by atoms with van der Waals surface area (Å²) in [6.45, 7) is 2.52. The Hall–Kier alpha value is -3.97. The van der Waals surface area contributed by atoms with Gasteiger partial charge in [0.1, 0.15) is 11.3 Å². The zero-order valence-electron chi connectivity index (χ0n) is 17.1. The molecule has 0 saturated heterocycles. The number of anilines is 1. The van der Waals surface area contributed by atoms with Crippen LogP contribution >= 0.6 is 11.3 Å². The van der Waals surface area contributed by atoms with Gasteiger partial charge in [0.25, 0.3) is 5.91 Å². The van der Waals surface area contributed by atoms with Crippen molar-refractivity contribution >= 4 is 43.6 Å². The molecule has 5 aromatic rings. The smallest absolute Gasteiger partial charge is 0.344 e. The number of nitrogens with one attached hydrogen (secondary N) is 1. The molecule has 1 N–H and O–H groups in total. The zero-order valence-corrected chi connectivity index (χ0v) is 17.9. The number of nitrogens with zero attached hydrogens (tertiary/aromatic N) is 1. The largest absolute Gasteiger partial charge is 0.494 e.